The third-order valence-corrected chi connectivity index (χ3v) is 4.19. The second-order valence-electron chi connectivity index (χ2n) is 4.59. The van der Waals surface area contributed by atoms with Gasteiger partial charge < -0.3 is 9.64 Å². The Hall–Kier alpha value is -0.670. The maximum Gasteiger partial charge on any atom is 0.119 e. The fourth-order valence-corrected chi connectivity index (χ4v) is 2.74. The second-order valence-corrected chi connectivity index (χ2v) is 5.47. The van der Waals surface area contributed by atoms with Gasteiger partial charge in [-0.1, -0.05) is 0 Å². The summed E-state index contributed by atoms with van der Waals surface area (Å²) in [7, 11) is 2.21. The first-order valence-electron chi connectivity index (χ1n) is 6.26. The predicted octanol–water partition coefficient (Wildman–Crippen LogP) is 3.27. The molecule has 0 N–H and O–H groups in total. The lowest BCUT2D eigenvalue weighted by Crippen LogP contribution is -2.26. The summed E-state index contributed by atoms with van der Waals surface area (Å²) in [6, 6.07) is 9.07. The highest BCUT2D eigenvalue weighted by molar-refractivity contribution is 7.98. The van der Waals surface area contributed by atoms with E-state index in [0.29, 0.717) is 0 Å². The van der Waals surface area contributed by atoms with E-state index in [1.54, 1.807) is 11.8 Å². The maximum absolute atomic E-state index is 5.78. The Bertz CT molecular complexity index is 339. The van der Waals surface area contributed by atoms with Crippen LogP contribution in [0.15, 0.2) is 29.2 Å². The second kappa shape index (κ2) is 6.31. The van der Waals surface area contributed by atoms with Gasteiger partial charge in [0.25, 0.3) is 0 Å². The monoisotopic (exact) mass is 251 g/mol. The molecule has 0 saturated carbocycles. The van der Waals surface area contributed by atoms with E-state index in [9.17, 15) is 0 Å². The van der Waals surface area contributed by atoms with Crippen molar-refractivity contribution >= 4 is 11.8 Å². The highest BCUT2D eigenvalue weighted by atomic mass is 32.2. The van der Waals surface area contributed by atoms with Gasteiger partial charge in [-0.15, -0.1) is 11.8 Å². The summed E-state index contributed by atoms with van der Waals surface area (Å²) in [5, 5.41) is 0. The molecule has 1 atom stereocenters. The van der Waals surface area contributed by atoms with Gasteiger partial charge in [0.05, 0.1) is 6.61 Å². The first kappa shape index (κ1) is 12.8. The number of ether oxygens (including phenoxy) is 1. The lowest BCUT2D eigenvalue weighted by atomic mass is 10.1. The molecule has 0 spiro atoms. The molecule has 0 bridgehead atoms. The van der Waals surface area contributed by atoms with Crippen molar-refractivity contribution in [1.82, 2.24) is 4.90 Å². The van der Waals surface area contributed by atoms with Crippen LogP contribution in [0, 0.1) is 0 Å². The Kier molecular flexibility index (Phi) is 4.75. The van der Waals surface area contributed by atoms with Gasteiger partial charge in [-0.2, -0.15) is 0 Å². The summed E-state index contributed by atoms with van der Waals surface area (Å²) < 4.78 is 5.78. The lowest BCUT2D eigenvalue weighted by Gasteiger charge is -2.19. The molecule has 3 heteroatoms. The molecule has 1 aliphatic heterocycles. The number of nitrogens with zero attached hydrogens (tertiary/aromatic N) is 1. The standard InChI is InChI=1S/C14H21NOS/c1-15-10-3-4-12(15)9-11-16-13-5-7-14(17-2)8-6-13/h5-8,12H,3-4,9-11H2,1-2H3. The molecule has 0 amide bonds. The minimum atomic E-state index is 0.723. The van der Waals surface area contributed by atoms with Crippen molar-refractivity contribution in [3.05, 3.63) is 24.3 Å². The van der Waals surface area contributed by atoms with Crippen molar-refractivity contribution in [2.24, 2.45) is 0 Å². The van der Waals surface area contributed by atoms with E-state index in [2.05, 4.69) is 42.5 Å². The van der Waals surface area contributed by atoms with Gasteiger partial charge in [0.15, 0.2) is 0 Å². The van der Waals surface area contributed by atoms with Crippen molar-refractivity contribution in [3.63, 3.8) is 0 Å². The third kappa shape index (κ3) is 3.65. The summed E-state index contributed by atoms with van der Waals surface area (Å²) in [4.78, 5) is 3.73. The van der Waals surface area contributed by atoms with Crippen LogP contribution < -0.4 is 4.74 Å². The molecule has 1 unspecified atom stereocenters. The van der Waals surface area contributed by atoms with Crippen LogP contribution in [0.4, 0.5) is 0 Å². The lowest BCUT2D eigenvalue weighted by molar-refractivity contribution is 0.233. The third-order valence-electron chi connectivity index (χ3n) is 3.45. The van der Waals surface area contributed by atoms with E-state index in [0.717, 1.165) is 24.8 Å². The van der Waals surface area contributed by atoms with Crippen LogP contribution in [0.25, 0.3) is 0 Å². The molecule has 17 heavy (non-hydrogen) atoms. The van der Waals surface area contributed by atoms with Crippen molar-refractivity contribution in [2.75, 3.05) is 26.5 Å². The Morgan fingerprint density at radius 2 is 2.12 bits per heavy atom. The Morgan fingerprint density at radius 3 is 2.71 bits per heavy atom. The van der Waals surface area contributed by atoms with Crippen molar-refractivity contribution in [1.29, 1.82) is 0 Å². The van der Waals surface area contributed by atoms with Gasteiger partial charge in [-0.05, 0) is 63.4 Å². The number of hydrogen-bond donors (Lipinski definition) is 0. The zero-order chi connectivity index (χ0) is 12.1. The molecule has 94 valence electrons. The summed E-state index contributed by atoms with van der Waals surface area (Å²) in [6.07, 6.45) is 5.89. The van der Waals surface area contributed by atoms with Crippen molar-refractivity contribution in [3.8, 4) is 5.75 Å². The zero-order valence-electron chi connectivity index (χ0n) is 10.7. The minimum absolute atomic E-state index is 0.723. The fraction of sp³-hybridized carbons (Fsp3) is 0.571. The van der Waals surface area contributed by atoms with Crippen LogP contribution in [-0.4, -0.2) is 37.4 Å². The highest BCUT2D eigenvalue weighted by Gasteiger charge is 2.20. The molecule has 2 nitrogen and oxygen atoms in total. The van der Waals surface area contributed by atoms with Gasteiger partial charge in [-0.25, -0.2) is 0 Å². The number of thioether (sulfide) groups is 1. The molecular weight excluding hydrogens is 230 g/mol. The first-order valence-corrected chi connectivity index (χ1v) is 7.49. The van der Waals surface area contributed by atoms with E-state index >= 15 is 0 Å². The number of likely N-dealkylation sites (tertiary alicyclic amines) is 1. The van der Waals surface area contributed by atoms with Crippen LogP contribution in [0.1, 0.15) is 19.3 Å². The van der Waals surface area contributed by atoms with Crippen molar-refractivity contribution < 1.29 is 4.74 Å². The molecule has 1 aromatic carbocycles. The van der Waals surface area contributed by atoms with E-state index in [1.165, 1.54) is 24.3 Å². The van der Waals surface area contributed by atoms with Gasteiger partial charge in [0.1, 0.15) is 5.75 Å². The SMILES string of the molecule is CSc1ccc(OCCC2CCCN2C)cc1. The van der Waals surface area contributed by atoms with Crippen LogP contribution in [0.2, 0.25) is 0 Å². The average Bonchev–Trinajstić information content (AvgIpc) is 2.76. The van der Waals surface area contributed by atoms with E-state index < -0.39 is 0 Å². The predicted molar refractivity (Wildman–Crippen MR) is 74.0 cm³/mol. The van der Waals surface area contributed by atoms with Gasteiger partial charge in [-0.3, -0.25) is 0 Å². The molecular formula is C14H21NOS. The number of rotatable bonds is 5. The van der Waals surface area contributed by atoms with E-state index in [4.69, 9.17) is 4.74 Å². The van der Waals surface area contributed by atoms with Crippen LogP contribution >= 0.6 is 11.8 Å². The maximum atomic E-state index is 5.78. The summed E-state index contributed by atoms with van der Waals surface area (Å²) in [5.41, 5.74) is 0. The molecule has 0 aliphatic carbocycles. The van der Waals surface area contributed by atoms with Crippen LogP contribution in [-0.2, 0) is 0 Å². The minimum Gasteiger partial charge on any atom is -0.494 e. The fourth-order valence-electron chi connectivity index (χ4n) is 2.33. The zero-order valence-corrected chi connectivity index (χ0v) is 11.5. The average molecular weight is 251 g/mol. The summed E-state index contributed by atoms with van der Waals surface area (Å²) >= 11 is 1.76. The largest absolute Gasteiger partial charge is 0.494 e. The van der Waals surface area contributed by atoms with Gasteiger partial charge >= 0.3 is 0 Å². The molecule has 0 aromatic heterocycles. The molecule has 1 saturated heterocycles. The van der Waals surface area contributed by atoms with E-state index in [-0.39, 0.29) is 0 Å². The van der Waals surface area contributed by atoms with E-state index in [1.807, 2.05) is 0 Å². The summed E-state index contributed by atoms with van der Waals surface area (Å²) in [6.45, 7) is 2.07. The Balaban J connectivity index is 1.73. The molecule has 2 rings (SSSR count). The normalized spacial score (nSPS) is 20.7. The Labute approximate surface area is 108 Å². The van der Waals surface area contributed by atoms with Gasteiger partial charge in [0, 0.05) is 10.9 Å². The smallest absolute Gasteiger partial charge is 0.119 e. The highest BCUT2D eigenvalue weighted by Crippen LogP contribution is 2.21. The van der Waals surface area contributed by atoms with Crippen molar-refractivity contribution in [2.45, 2.75) is 30.2 Å². The molecule has 1 aliphatic rings. The quantitative estimate of drug-likeness (QED) is 0.745. The Morgan fingerprint density at radius 1 is 1.35 bits per heavy atom. The first-order chi connectivity index (χ1) is 8.29. The van der Waals surface area contributed by atoms with Gasteiger partial charge in [0.2, 0.25) is 0 Å². The number of benzene rings is 1. The molecule has 1 aromatic rings. The number of hydrogen-bond acceptors (Lipinski definition) is 3. The van der Waals surface area contributed by atoms with Crippen LogP contribution in [0.5, 0.6) is 5.75 Å². The van der Waals surface area contributed by atoms with Crippen LogP contribution in [0.3, 0.4) is 0 Å². The molecule has 0 radical (unpaired) electrons. The molecule has 1 heterocycles. The topological polar surface area (TPSA) is 12.5 Å². The summed E-state index contributed by atoms with van der Waals surface area (Å²) in [5.74, 6) is 0.989. The molecule has 1 fully saturated rings.